The minimum atomic E-state index is -0.259. The Labute approximate surface area is 137 Å². The van der Waals surface area contributed by atoms with E-state index in [2.05, 4.69) is 4.98 Å². The van der Waals surface area contributed by atoms with E-state index in [-0.39, 0.29) is 44.5 Å². The molecule has 3 rings (SSSR count). The fraction of sp³-hybridized carbons (Fsp3) is 0.500. The van der Waals surface area contributed by atoms with Gasteiger partial charge >= 0.3 is 0 Å². The summed E-state index contributed by atoms with van der Waals surface area (Å²) >= 11 is 18.3. The number of aryl methyl sites for hydroxylation is 1. The zero-order valence-electron chi connectivity index (χ0n) is 11.3. The molecule has 21 heavy (non-hydrogen) atoms. The Hall–Kier alpha value is -0.840. The molecule has 0 spiro atoms. The molecule has 1 saturated heterocycles. The molecule has 0 radical (unpaired) electrons. The van der Waals surface area contributed by atoms with Crippen LogP contribution in [0, 0.1) is 18.8 Å². The van der Waals surface area contributed by atoms with E-state index in [9.17, 15) is 9.59 Å². The minimum absolute atomic E-state index is 0.0454. The zero-order chi connectivity index (χ0) is 15.3. The number of imide groups is 1. The third-order valence-corrected chi connectivity index (χ3v) is 5.43. The highest BCUT2D eigenvalue weighted by Crippen LogP contribution is 2.46. The van der Waals surface area contributed by atoms with E-state index in [0.29, 0.717) is 5.69 Å². The molecule has 112 valence electrons. The van der Waals surface area contributed by atoms with Crippen LogP contribution in [0.1, 0.15) is 31.4 Å². The Balaban J connectivity index is 2.13. The number of pyridine rings is 1. The number of rotatable bonds is 1. The molecule has 1 aliphatic heterocycles. The van der Waals surface area contributed by atoms with Crippen LogP contribution in [0.3, 0.4) is 0 Å². The van der Waals surface area contributed by atoms with Gasteiger partial charge in [0.25, 0.3) is 0 Å². The second kappa shape index (κ2) is 5.41. The number of amides is 2. The summed E-state index contributed by atoms with van der Waals surface area (Å²) < 4.78 is 0. The average molecular weight is 348 g/mol. The van der Waals surface area contributed by atoms with Crippen molar-refractivity contribution < 1.29 is 9.59 Å². The topological polar surface area (TPSA) is 50.3 Å². The van der Waals surface area contributed by atoms with Crippen LogP contribution in [-0.4, -0.2) is 16.8 Å². The second-order valence-electron chi connectivity index (χ2n) is 5.47. The minimum Gasteiger partial charge on any atom is -0.274 e. The lowest BCUT2D eigenvalue weighted by Gasteiger charge is -2.19. The largest absolute Gasteiger partial charge is 0.274 e. The number of anilines is 1. The van der Waals surface area contributed by atoms with Gasteiger partial charge in [-0.1, -0.05) is 47.6 Å². The number of fused-ring (bicyclic) bond motifs is 1. The van der Waals surface area contributed by atoms with Crippen molar-refractivity contribution in [2.45, 2.75) is 32.6 Å². The lowest BCUT2D eigenvalue weighted by Crippen LogP contribution is -2.31. The fourth-order valence-corrected chi connectivity index (χ4v) is 3.90. The van der Waals surface area contributed by atoms with Crippen molar-refractivity contribution in [3.8, 4) is 0 Å². The number of aromatic nitrogens is 1. The maximum atomic E-state index is 12.6. The van der Waals surface area contributed by atoms with Crippen LogP contribution in [-0.2, 0) is 9.59 Å². The number of halogens is 3. The molecule has 1 aromatic heterocycles. The highest BCUT2D eigenvalue weighted by molar-refractivity contribution is 6.47. The van der Waals surface area contributed by atoms with Crippen LogP contribution in [0.25, 0.3) is 0 Å². The van der Waals surface area contributed by atoms with Crippen molar-refractivity contribution in [1.29, 1.82) is 0 Å². The third-order valence-electron chi connectivity index (χ3n) is 4.25. The molecule has 4 nitrogen and oxygen atoms in total. The van der Waals surface area contributed by atoms with Crippen LogP contribution in [0.2, 0.25) is 15.2 Å². The highest BCUT2D eigenvalue weighted by atomic mass is 35.5. The van der Waals surface area contributed by atoms with E-state index in [0.717, 1.165) is 30.6 Å². The molecule has 2 atom stereocenters. The van der Waals surface area contributed by atoms with Gasteiger partial charge in [-0.15, -0.1) is 0 Å². The molecule has 0 bridgehead atoms. The average Bonchev–Trinajstić information content (AvgIpc) is 2.71. The first kappa shape index (κ1) is 15.1. The van der Waals surface area contributed by atoms with E-state index >= 15 is 0 Å². The SMILES string of the molecule is Cc1nc(Cl)c(Cl)c(N2C(=O)C3CCCCC3C2=O)c1Cl. The van der Waals surface area contributed by atoms with Gasteiger partial charge in [-0.2, -0.15) is 0 Å². The monoisotopic (exact) mass is 346 g/mol. The summed E-state index contributed by atoms with van der Waals surface area (Å²) in [5, 5.41) is 0.293. The van der Waals surface area contributed by atoms with Crippen molar-refractivity contribution in [3.05, 3.63) is 20.9 Å². The van der Waals surface area contributed by atoms with Crippen molar-refractivity contribution in [1.82, 2.24) is 4.98 Å². The molecule has 2 amide bonds. The van der Waals surface area contributed by atoms with Gasteiger partial charge in [0.15, 0.2) is 0 Å². The first-order valence-electron chi connectivity index (χ1n) is 6.82. The van der Waals surface area contributed by atoms with Crippen molar-refractivity contribution in [2.75, 3.05) is 4.90 Å². The summed E-state index contributed by atoms with van der Waals surface area (Å²) in [5.41, 5.74) is 0.622. The van der Waals surface area contributed by atoms with Crippen molar-refractivity contribution in [3.63, 3.8) is 0 Å². The molecule has 1 saturated carbocycles. The zero-order valence-corrected chi connectivity index (χ0v) is 13.6. The first-order valence-corrected chi connectivity index (χ1v) is 7.95. The van der Waals surface area contributed by atoms with E-state index in [4.69, 9.17) is 34.8 Å². The lowest BCUT2D eigenvalue weighted by atomic mass is 9.81. The van der Waals surface area contributed by atoms with E-state index in [1.54, 1.807) is 6.92 Å². The predicted molar refractivity (Wildman–Crippen MR) is 81.9 cm³/mol. The molecule has 0 aromatic carbocycles. The molecular weight excluding hydrogens is 335 g/mol. The Morgan fingerprint density at radius 1 is 1.00 bits per heavy atom. The lowest BCUT2D eigenvalue weighted by molar-refractivity contribution is -0.122. The molecule has 1 aromatic rings. The molecule has 2 heterocycles. The number of carbonyl (C=O) groups excluding carboxylic acids is 2. The van der Waals surface area contributed by atoms with Gasteiger partial charge in [0.2, 0.25) is 11.8 Å². The second-order valence-corrected chi connectivity index (χ2v) is 6.59. The Morgan fingerprint density at radius 3 is 2.05 bits per heavy atom. The summed E-state index contributed by atoms with van der Waals surface area (Å²) in [4.78, 5) is 30.3. The van der Waals surface area contributed by atoms with E-state index in [1.807, 2.05) is 0 Å². The number of nitrogens with zero attached hydrogens (tertiary/aromatic N) is 2. The summed E-state index contributed by atoms with van der Waals surface area (Å²) in [6, 6.07) is 0. The summed E-state index contributed by atoms with van der Waals surface area (Å²) in [7, 11) is 0. The number of hydrogen-bond acceptors (Lipinski definition) is 3. The summed E-state index contributed by atoms with van der Waals surface area (Å²) in [5.74, 6) is -0.971. The van der Waals surface area contributed by atoms with Crippen LogP contribution in [0.5, 0.6) is 0 Å². The number of carbonyl (C=O) groups is 2. The number of hydrogen-bond donors (Lipinski definition) is 0. The maximum Gasteiger partial charge on any atom is 0.237 e. The molecule has 1 aliphatic carbocycles. The van der Waals surface area contributed by atoms with Crippen molar-refractivity contribution in [2.24, 2.45) is 11.8 Å². The normalized spacial score (nSPS) is 25.4. The Kier molecular flexibility index (Phi) is 3.89. The third kappa shape index (κ3) is 2.24. The fourth-order valence-electron chi connectivity index (χ4n) is 3.19. The van der Waals surface area contributed by atoms with Gasteiger partial charge in [0, 0.05) is 0 Å². The molecule has 0 N–H and O–H groups in total. The summed E-state index contributed by atoms with van der Waals surface area (Å²) in [6.45, 7) is 1.66. The van der Waals surface area contributed by atoms with Crippen LogP contribution < -0.4 is 4.90 Å². The van der Waals surface area contributed by atoms with E-state index < -0.39 is 0 Å². The highest BCUT2D eigenvalue weighted by Gasteiger charge is 2.50. The molecule has 7 heteroatoms. The van der Waals surface area contributed by atoms with Crippen LogP contribution >= 0.6 is 34.8 Å². The van der Waals surface area contributed by atoms with Gasteiger partial charge < -0.3 is 0 Å². The molecule has 2 fully saturated rings. The summed E-state index contributed by atoms with van der Waals surface area (Å²) in [6.07, 6.45) is 3.40. The van der Waals surface area contributed by atoms with Crippen LogP contribution in [0.4, 0.5) is 5.69 Å². The molecule has 2 aliphatic rings. The molecular formula is C14H13Cl3N2O2. The van der Waals surface area contributed by atoms with Crippen LogP contribution in [0.15, 0.2) is 0 Å². The Bertz CT molecular complexity index is 597. The Morgan fingerprint density at radius 2 is 1.52 bits per heavy atom. The quantitative estimate of drug-likeness (QED) is 0.569. The van der Waals surface area contributed by atoms with Crippen molar-refractivity contribution >= 4 is 52.3 Å². The van der Waals surface area contributed by atoms with Gasteiger partial charge in [-0.3, -0.25) is 9.59 Å². The van der Waals surface area contributed by atoms with Gasteiger partial charge in [-0.25, -0.2) is 9.88 Å². The van der Waals surface area contributed by atoms with Gasteiger partial charge in [0.05, 0.1) is 28.2 Å². The van der Waals surface area contributed by atoms with E-state index in [1.165, 1.54) is 0 Å². The smallest absolute Gasteiger partial charge is 0.237 e. The first-order chi connectivity index (χ1) is 9.93. The molecule has 2 unspecified atom stereocenters. The van der Waals surface area contributed by atoms with Gasteiger partial charge in [-0.05, 0) is 19.8 Å². The standard InChI is InChI=1S/C14H13Cl3N2O2/c1-6-9(15)11(10(16)12(17)18-6)19-13(20)7-4-2-3-5-8(7)14(19)21/h7-8H,2-5H2,1H3. The van der Waals surface area contributed by atoms with Gasteiger partial charge in [0.1, 0.15) is 10.2 Å². The maximum absolute atomic E-state index is 12.6. The predicted octanol–water partition coefficient (Wildman–Crippen LogP) is 4.03.